The fourth-order valence-electron chi connectivity index (χ4n) is 1.68. The van der Waals surface area contributed by atoms with Gasteiger partial charge in [-0.15, -0.1) is 0 Å². The molecule has 3 N–H and O–H groups in total. The largest absolute Gasteiger partial charge is 0.478 e. The fraction of sp³-hybridized carbons (Fsp3) is 0.0667. The smallest absolute Gasteiger partial charge is 0.337 e. The van der Waals surface area contributed by atoms with Gasteiger partial charge in [0.2, 0.25) is 0 Å². The molecule has 2 aromatic rings. The standard InChI is InChI=1S/C15H13NO4S/c1-20-15(19)10-4-7-13(12(16)8-10)21-11-5-2-9(3-6-11)14(17)18/h2-8H,16H2,1H3,(H,17,18). The molecule has 108 valence electrons. The number of carboxylic acids is 1. The van der Waals surface area contributed by atoms with Gasteiger partial charge in [-0.1, -0.05) is 11.8 Å². The number of nitrogen functional groups attached to an aromatic ring is 1. The van der Waals surface area contributed by atoms with Crippen LogP contribution in [0.3, 0.4) is 0 Å². The number of carboxylic acid groups (broad SMARTS) is 1. The van der Waals surface area contributed by atoms with Gasteiger partial charge >= 0.3 is 11.9 Å². The lowest BCUT2D eigenvalue weighted by Crippen LogP contribution is -2.02. The topological polar surface area (TPSA) is 89.6 Å². The first-order valence-corrected chi connectivity index (χ1v) is 6.82. The normalized spacial score (nSPS) is 10.1. The van der Waals surface area contributed by atoms with Gasteiger partial charge in [0.05, 0.1) is 18.2 Å². The van der Waals surface area contributed by atoms with Gasteiger partial charge in [0.15, 0.2) is 0 Å². The van der Waals surface area contributed by atoms with Crippen molar-refractivity contribution in [3.05, 3.63) is 53.6 Å². The van der Waals surface area contributed by atoms with Crippen molar-refractivity contribution < 1.29 is 19.4 Å². The van der Waals surface area contributed by atoms with Crippen molar-refractivity contribution in [2.45, 2.75) is 9.79 Å². The quantitative estimate of drug-likeness (QED) is 0.667. The predicted molar refractivity (Wildman–Crippen MR) is 79.7 cm³/mol. The second kappa shape index (κ2) is 6.32. The first-order chi connectivity index (χ1) is 10.0. The highest BCUT2D eigenvalue weighted by Gasteiger charge is 2.09. The second-order valence-electron chi connectivity index (χ2n) is 4.18. The summed E-state index contributed by atoms with van der Waals surface area (Å²) in [6, 6.07) is 11.4. The number of hydrogen-bond donors (Lipinski definition) is 2. The Kier molecular flexibility index (Phi) is 4.49. The maximum atomic E-state index is 11.4. The van der Waals surface area contributed by atoms with Gasteiger partial charge in [0.25, 0.3) is 0 Å². The van der Waals surface area contributed by atoms with Gasteiger partial charge in [-0.2, -0.15) is 0 Å². The Balaban J connectivity index is 2.19. The van der Waals surface area contributed by atoms with E-state index in [1.54, 1.807) is 30.3 Å². The Morgan fingerprint density at radius 1 is 1.10 bits per heavy atom. The summed E-state index contributed by atoms with van der Waals surface area (Å²) >= 11 is 1.39. The number of carbonyl (C=O) groups is 2. The molecular formula is C15H13NO4S. The Morgan fingerprint density at radius 3 is 2.24 bits per heavy atom. The van der Waals surface area contributed by atoms with Crippen LogP contribution in [0, 0.1) is 0 Å². The van der Waals surface area contributed by atoms with Crippen LogP contribution in [0.15, 0.2) is 52.3 Å². The van der Waals surface area contributed by atoms with Crippen molar-refractivity contribution in [2.24, 2.45) is 0 Å². The molecule has 5 nitrogen and oxygen atoms in total. The van der Waals surface area contributed by atoms with Crippen molar-refractivity contribution in [3.8, 4) is 0 Å². The number of hydrogen-bond acceptors (Lipinski definition) is 5. The number of carbonyl (C=O) groups excluding carboxylic acids is 1. The van der Waals surface area contributed by atoms with E-state index in [9.17, 15) is 9.59 Å². The summed E-state index contributed by atoms with van der Waals surface area (Å²) in [6.45, 7) is 0. The minimum atomic E-state index is -0.964. The molecule has 2 rings (SSSR count). The van der Waals surface area contributed by atoms with Crippen LogP contribution < -0.4 is 5.73 Å². The van der Waals surface area contributed by atoms with Gasteiger partial charge in [-0.25, -0.2) is 9.59 Å². The zero-order chi connectivity index (χ0) is 15.4. The molecule has 0 spiro atoms. The van der Waals surface area contributed by atoms with Gasteiger partial charge in [0.1, 0.15) is 0 Å². The van der Waals surface area contributed by atoms with Crippen LogP contribution >= 0.6 is 11.8 Å². The monoisotopic (exact) mass is 303 g/mol. The second-order valence-corrected chi connectivity index (χ2v) is 5.29. The summed E-state index contributed by atoms with van der Waals surface area (Å²) in [5.74, 6) is -1.41. The van der Waals surface area contributed by atoms with Crippen LogP contribution in [0.25, 0.3) is 0 Å². The third-order valence-electron chi connectivity index (χ3n) is 2.76. The van der Waals surface area contributed by atoms with Gasteiger partial charge in [-0.05, 0) is 42.5 Å². The molecule has 0 aliphatic carbocycles. The molecule has 0 amide bonds. The van der Waals surface area contributed by atoms with Crippen molar-refractivity contribution >= 4 is 29.4 Å². The molecule has 0 atom stereocenters. The van der Waals surface area contributed by atoms with Crippen LogP contribution in [-0.4, -0.2) is 24.2 Å². The van der Waals surface area contributed by atoms with Crippen LogP contribution in [0.4, 0.5) is 5.69 Å². The highest BCUT2D eigenvalue weighted by molar-refractivity contribution is 7.99. The lowest BCUT2D eigenvalue weighted by atomic mass is 10.2. The molecule has 0 aliphatic rings. The van der Waals surface area contributed by atoms with E-state index < -0.39 is 11.9 Å². The molecule has 0 unspecified atom stereocenters. The highest BCUT2D eigenvalue weighted by atomic mass is 32.2. The van der Waals surface area contributed by atoms with E-state index in [-0.39, 0.29) is 5.56 Å². The lowest BCUT2D eigenvalue weighted by molar-refractivity contribution is 0.0599. The SMILES string of the molecule is COC(=O)c1ccc(Sc2ccc(C(=O)O)cc2)c(N)c1. The minimum Gasteiger partial charge on any atom is -0.478 e. The maximum absolute atomic E-state index is 11.4. The maximum Gasteiger partial charge on any atom is 0.337 e. The Morgan fingerprint density at radius 2 is 1.71 bits per heavy atom. The number of nitrogens with two attached hydrogens (primary N) is 1. The molecule has 0 fully saturated rings. The van der Waals surface area contributed by atoms with E-state index in [4.69, 9.17) is 10.8 Å². The zero-order valence-corrected chi connectivity index (χ0v) is 12.0. The number of aromatic carboxylic acids is 1. The molecule has 21 heavy (non-hydrogen) atoms. The number of esters is 1. The number of benzene rings is 2. The Hall–Kier alpha value is -2.47. The van der Waals surface area contributed by atoms with E-state index in [1.165, 1.54) is 31.0 Å². The molecule has 0 saturated carbocycles. The Labute approximate surface area is 125 Å². The molecule has 2 aromatic carbocycles. The number of ether oxygens (including phenoxy) is 1. The lowest BCUT2D eigenvalue weighted by Gasteiger charge is -2.07. The van der Waals surface area contributed by atoms with Crippen LogP contribution in [0.5, 0.6) is 0 Å². The van der Waals surface area contributed by atoms with E-state index >= 15 is 0 Å². The number of rotatable bonds is 4. The predicted octanol–water partition coefficient (Wildman–Crippen LogP) is 2.90. The summed E-state index contributed by atoms with van der Waals surface area (Å²) in [5, 5.41) is 8.84. The molecule has 0 aromatic heterocycles. The first-order valence-electron chi connectivity index (χ1n) is 6.00. The molecule has 0 aliphatic heterocycles. The Bertz CT molecular complexity index is 683. The third-order valence-corrected chi connectivity index (χ3v) is 3.86. The minimum absolute atomic E-state index is 0.230. The molecule has 0 saturated heterocycles. The van der Waals surface area contributed by atoms with E-state index in [0.29, 0.717) is 11.3 Å². The fourth-order valence-corrected chi connectivity index (χ4v) is 2.52. The summed E-state index contributed by atoms with van der Waals surface area (Å²) in [4.78, 5) is 23.8. The molecule has 6 heteroatoms. The van der Waals surface area contributed by atoms with Crippen LogP contribution in [0.1, 0.15) is 20.7 Å². The van der Waals surface area contributed by atoms with Gasteiger partial charge in [-0.3, -0.25) is 0 Å². The number of anilines is 1. The van der Waals surface area contributed by atoms with Crippen LogP contribution in [0.2, 0.25) is 0 Å². The molecule has 0 radical (unpaired) electrons. The molecule has 0 heterocycles. The molecular weight excluding hydrogens is 290 g/mol. The van der Waals surface area contributed by atoms with Crippen molar-refractivity contribution in [1.82, 2.24) is 0 Å². The van der Waals surface area contributed by atoms with Gasteiger partial charge < -0.3 is 15.6 Å². The summed E-state index contributed by atoms with van der Waals surface area (Å²) in [7, 11) is 1.31. The van der Waals surface area contributed by atoms with E-state index in [1.807, 2.05) is 0 Å². The highest BCUT2D eigenvalue weighted by Crippen LogP contribution is 2.32. The summed E-state index contributed by atoms with van der Waals surface area (Å²) < 4.78 is 4.63. The van der Waals surface area contributed by atoms with Crippen LogP contribution in [-0.2, 0) is 4.74 Å². The van der Waals surface area contributed by atoms with Gasteiger partial charge in [0, 0.05) is 15.5 Å². The average Bonchev–Trinajstić information content (AvgIpc) is 2.49. The van der Waals surface area contributed by atoms with E-state index in [0.717, 1.165) is 9.79 Å². The third kappa shape index (κ3) is 3.55. The van der Waals surface area contributed by atoms with Crippen molar-refractivity contribution in [1.29, 1.82) is 0 Å². The van der Waals surface area contributed by atoms with Crippen molar-refractivity contribution in [2.75, 3.05) is 12.8 Å². The zero-order valence-electron chi connectivity index (χ0n) is 11.2. The first kappa shape index (κ1) is 14.9. The molecule has 0 bridgehead atoms. The average molecular weight is 303 g/mol. The summed E-state index contributed by atoms with van der Waals surface area (Å²) in [6.07, 6.45) is 0. The summed E-state index contributed by atoms with van der Waals surface area (Å²) in [5.41, 5.74) is 7.00. The van der Waals surface area contributed by atoms with E-state index in [2.05, 4.69) is 4.74 Å². The van der Waals surface area contributed by atoms with Crippen molar-refractivity contribution in [3.63, 3.8) is 0 Å². The number of methoxy groups -OCH3 is 1.